The molecule has 21 heavy (non-hydrogen) atoms. The van der Waals surface area contributed by atoms with Gasteiger partial charge in [-0.05, 0) is 34.1 Å². The van der Waals surface area contributed by atoms with Crippen LogP contribution in [0.1, 0.15) is 16.8 Å². The Morgan fingerprint density at radius 3 is 2.62 bits per heavy atom. The van der Waals surface area contributed by atoms with Crippen LogP contribution in [0.5, 0.6) is 5.75 Å². The fraction of sp³-hybridized carbons (Fsp3) is 0.429. The Hall–Kier alpha value is -1.60. The second-order valence-corrected chi connectivity index (χ2v) is 5.05. The topological polar surface area (TPSA) is 76.7 Å². The minimum Gasteiger partial charge on any atom is -0.497 e. The molecule has 0 aromatic heterocycles. The quantitative estimate of drug-likeness (QED) is 0.687. The number of carbonyl (C=O) groups excluding carboxylic acids is 2. The smallest absolute Gasteiger partial charge is 0.252 e. The minimum atomic E-state index is -0.259. The molecule has 0 heterocycles. The van der Waals surface area contributed by atoms with Crippen LogP contribution in [0, 0.1) is 0 Å². The van der Waals surface area contributed by atoms with E-state index in [4.69, 9.17) is 9.47 Å². The first kappa shape index (κ1) is 17.5. The molecule has 0 unspecified atom stereocenters. The zero-order valence-electron chi connectivity index (χ0n) is 12.1. The average molecular weight is 359 g/mol. The van der Waals surface area contributed by atoms with Crippen molar-refractivity contribution in [2.24, 2.45) is 0 Å². The van der Waals surface area contributed by atoms with Gasteiger partial charge in [0.05, 0.1) is 19.3 Å². The number of carbonyl (C=O) groups is 2. The van der Waals surface area contributed by atoms with Gasteiger partial charge in [0, 0.05) is 31.1 Å². The summed E-state index contributed by atoms with van der Waals surface area (Å²) in [7, 11) is 3.10. The number of hydrogen-bond donors (Lipinski definition) is 2. The van der Waals surface area contributed by atoms with E-state index in [0.717, 1.165) is 0 Å². The molecular formula is C14H19BrN2O4. The number of amides is 2. The van der Waals surface area contributed by atoms with Crippen LogP contribution in [0.4, 0.5) is 0 Å². The molecule has 1 aromatic rings. The van der Waals surface area contributed by atoms with Gasteiger partial charge in [-0.2, -0.15) is 0 Å². The van der Waals surface area contributed by atoms with E-state index >= 15 is 0 Å². The standard InChI is InChI=1S/C14H19BrN2O4/c1-20-8-7-16-13(18)5-6-17-14(19)11-9-10(21-2)3-4-12(11)15/h3-4,9H,5-8H2,1-2H3,(H,16,18)(H,17,19). The van der Waals surface area contributed by atoms with Gasteiger partial charge in [-0.25, -0.2) is 0 Å². The van der Waals surface area contributed by atoms with E-state index in [0.29, 0.717) is 28.9 Å². The summed E-state index contributed by atoms with van der Waals surface area (Å²) in [6.45, 7) is 1.20. The lowest BCUT2D eigenvalue weighted by molar-refractivity contribution is -0.121. The van der Waals surface area contributed by atoms with Crippen molar-refractivity contribution in [3.05, 3.63) is 28.2 Å². The normalized spacial score (nSPS) is 10.0. The Bertz CT molecular complexity index is 494. The molecule has 116 valence electrons. The van der Waals surface area contributed by atoms with Crippen molar-refractivity contribution in [3.8, 4) is 5.75 Å². The Labute approximate surface area is 132 Å². The Kier molecular flexibility index (Phi) is 7.78. The van der Waals surface area contributed by atoms with Crippen LogP contribution in [0.25, 0.3) is 0 Å². The van der Waals surface area contributed by atoms with Gasteiger partial charge >= 0.3 is 0 Å². The van der Waals surface area contributed by atoms with E-state index in [-0.39, 0.29) is 24.8 Å². The highest BCUT2D eigenvalue weighted by Gasteiger charge is 2.11. The maximum atomic E-state index is 12.0. The van der Waals surface area contributed by atoms with E-state index in [1.807, 2.05) is 0 Å². The van der Waals surface area contributed by atoms with Crippen LogP contribution in [0.15, 0.2) is 22.7 Å². The number of halogens is 1. The predicted octanol–water partition coefficient (Wildman–Crippen LogP) is 1.34. The van der Waals surface area contributed by atoms with Crippen LogP contribution in [0.2, 0.25) is 0 Å². The monoisotopic (exact) mass is 358 g/mol. The molecule has 0 fully saturated rings. The lowest BCUT2D eigenvalue weighted by atomic mass is 10.2. The Morgan fingerprint density at radius 1 is 1.19 bits per heavy atom. The SMILES string of the molecule is COCCNC(=O)CCNC(=O)c1cc(OC)ccc1Br. The third kappa shape index (κ3) is 6.14. The van der Waals surface area contributed by atoms with Crippen molar-refractivity contribution in [2.75, 3.05) is 33.9 Å². The molecule has 1 aromatic carbocycles. The third-order valence-electron chi connectivity index (χ3n) is 2.68. The molecule has 0 atom stereocenters. The lowest BCUT2D eigenvalue weighted by Crippen LogP contribution is -2.32. The Morgan fingerprint density at radius 2 is 1.95 bits per heavy atom. The first-order valence-electron chi connectivity index (χ1n) is 6.46. The average Bonchev–Trinajstić information content (AvgIpc) is 2.48. The number of methoxy groups -OCH3 is 2. The molecular weight excluding hydrogens is 340 g/mol. The van der Waals surface area contributed by atoms with Gasteiger partial charge < -0.3 is 20.1 Å². The largest absolute Gasteiger partial charge is 0.497 e. The molecule has 0 spiro atoms. The summed E-state index contributed by atoms with van der Waals surface area (Å²) < 4.78 is 10.6. The van der Waals surface area contributed by atoms with Gasteiger partial charge in [0.25, 0.3) is 5.91 Å². The maximum absolute atomic E-state index is 12.0. The van der Waals surface area contributed by atoms with E-state index in [2.05, 4.69) is 26.6 Å². The van der Waals surface area contributed by atoms with Crippen LogP contribution >= 0.6 is 15.9 Å². The highest BCUT2D eigenvalue weighted by atomic mass is 79.9. The van der Waals surface area contributed by atoms with Crippen molar-refractivity contribution in [2.45, 2.75) is 6.42 Å². The molecule has 1 rings (SSSR count). The highest BCUT2D eigenvalue weighted by Crippen LogP contribution is 2.22. The Balaban J connectivity index is 2.42. The molecule has 7 heteroatoms. The summed E-state index contributed by atoms with van der Waals surface area (Å²) >= 11 is 3.31. The summed E-state index contributed by atoms with van der Waals surface area (Å²) in [5.74, 6) is 0.211. The van der Waals surface area contributed by atoms with Crippen LogP contribution in [-0.2, 0) is 9.53 Å². The molecule has 0 saturated heterocycles. The molecule has 6 nitrogen and oxygen atoms in total. The van der Waals surface area contributed by atoms with Crippen molar-refractivity contribution < 1.29 is 19.1 Å². The van der Waals surface area contributed by atoms with Crippen LogP contribution < -0.4 is 15.4 Å². The minimum absolute atomic E-state index is 0.128. The second-order valence-electron chi connectivity index (χ2n) is 4.19. The fourth-order valence-corrected chi connectivity index (χ4v) is 2.00. The molecule has 0 radical (unpaired) electrons. The van der Waals surface area contributed by atoms with Crippen molar-refractivity contribution in [3.63, 3.8) is 0 Å². The molecule has 0 saturated carbocycles. The van der Waals surface area contributed by atoms with Crippen LogP contribution in [-0.4, -0.2) is 45.7 Å². The van der Waals surface area contributed by atoms with Gasteiger partial charge in [0.15, 0.2) is 0 Å². The van der Waals surface area contributed by atoms with Gasteiger partial charge in [-0.3, -0.25) is 9.59 Å². The summed E-state index contributed by atoms with van der Waals surface area (Å²) in [6, 6.07) is 5.13. The zero-order valence-corrected chi connectivity index (χ0v) is 13.7. The number of benzene rings is 1. The van der Waals surface area contributed by atoms with Crippen molar-refractivity contribution in [1.82, 2.24) is 10.6 Å². The first-order chi connectivity index (χ1) is 10.1. The number of hydrogen-bond acceptors (Lipinski definition) is 4. The van der Waals surface area contributed by atoms with E-state index < -0.39 is 0 Å². The fourth-order valence-electron chi connectivity index (χ4n) is 1.57. The van der Waals surface area contributed by atoms with E-state index in [1.165, 1.54) is 7.11 Å². The summed E-state index contributed by atoms with van der Waals surface area (Å²) in [4.78, 5) is 23.5. The molecule has 0 aliphatic carbocycles. The van der Waals surface area contributed by atoms with Crippen molar-refractivity contribution in [1.29, 1.82) is 0 Å². The number of ether oxygens (including phenoxy) is 2. The van der Waals surface area contributed by atoms with Gasteiger partial charge in [0.2, 0.25) is 5.91 Å². The molecule has 2 N–H and O–H groups in total. The van der Waals surface area contributed by atoms with Gasteiger partial charge in [-0.1, -0.05) is 0 Å². The predicted molar refractivity (Wildman–Crippen MR) is 82.5 cm³/mol. The second kappa shape index (κ2) is 9.36. The summed E-state index contributed by atoms with van der Waals surface area (Å²) in [6.07, 6.45) is 0.219. The number of rotatable bonds is 8. The van der Waals surface area contributed by atoms with Crippen LogP contribution in [0.3, 0.4) is 0 Å². The molecule has 0 aliphatic heterocycles. The molecule has 0 bridgehead atoms. The summed E-state index contributed by atoms with van der Waals surface area (Å²) in [5, 5.41) is 5.38. The van der Waals surface area contributed by atoms with Gasteiger partial charge in [-0.15, -0.1) is 0 Å². The van der Waals surface area contributed by atoms with E-state index in [9.17, 15) is 9.59 Å². The first-order valence-corrected chi connectivity index (χ1v) is 7.25. The van der Waals surface area contributed by atoms with E-state index in [1.54, 1.807) is 25.3 Å². The lowest BCUT2D eigenvalue weighted by Gasteiger charge is -2.09. The number of nitrogens with one attached hydrogen (secondary N) is 2. The zero-order chi connectivity index (χ0) is 15.7. The summed E-state index contributed by atoms with van der Waals surface area (Å²) in [5.41, 5.74) is 0.467. The van der Waals surface area contributed by atoms with Gasteiger partial charge in [0.1, 0.15) is 5.75 Å². The molecule has 2 amide bonds. The molecule has 0 aliphatic rings. The third-order valence-corrected chi connectivity index (χ3v) is 3.38. The highest BCUT2D eigenvalue weighted by molar-refractivity contribution is 9.10. The maximum Gasteiger partial charge on any atom is 0.252 e. The van der Waals surface area contributed by atoms with Crippen molar-refractivity contribution >= 4 is 27.7 Å².